The first-order chi connectivity index (χ1) is 13.3. The van der Waals surface area contributed by atoms with Gasteiger partial charge in [0.25, 0.3) is 0 Å². The molecule has 0 unspecified atom stereocenters. The molecule has 0 fully saturated rings. The average Bonchev–Trinajstić information content (AvgIpc) is 2.73. The van der Waals surface area contributed by atoms with Gasteiger partial charge in [0.1, 0.15) is 0 Å². The zero-order chi connectivity index (χ0) is 18.2. The van der Waals surface area contributed by atoms with Gasteiger partial charge in [-0.3, -0.25) is 0 Å². The van der Waals surface area contributed by atoms with E-state index >= 15 is 0 Å². The monoisotopic (exact) mass is 366 g/mol. The molecule has 5 rings (SSSR count). The largest absolute Gasteiger partial charge is 0.246 e. The van der Waals surface area contributed by atoms with Crippen molar-refractivity contribution in [1.29, 1.82) is 0 Å². The lowest BCUT2D eigenvalue weighted by Crippen LogP contribution is -1.93. The summed E-state index contributed by atoms with van der Waals surface area (Å²) in [5, 5.41) is 4.15. The molecule has 5 aromatic rings. The summed E-state index contributed by atoms with van der Waals surface area (Å²) in [5.74, 6) is 0. The zero-order valence-corrected chi connectivity index (χ0v) is 15.2. The summed E-state index contributed by atoms with van der Waals surface area (Å²) in [6.45, 7) is 0. The fourth-order valence-electron chi connectivity index (χ4n) is 3.47. The van der Waals surface area contributed by atoms with Crippen LogP contribution in [0.5, 0.6) is 0 Å². The van der Waals surface area contributed by atoms with Gasteiger partial charge >= 0.3 is 0 Å². The maximum absolute atomic E-state index is 6.15. The first kappa shape index (κ1) is 16.0. The molecular formula is C24H15ClN2. The molecule has 0 aliphatic rings. The van der Waals surface area contributed by atoms with E-state index in [-0.39, 0.29) is 0 Å². The maximum atomic E-state index is 6.15. The van der Waals surface area contributed by atoms with Gasteiger partial charge in [0, 0.05) is 21.4 Å². The molecule has 2 aromatic heterocycles. The van der Waals surface area contributed by atoms with Gasteiger partial charge in [-0.05, 0) is 35.7 Å². The molecule has 27 heavy (non-hydrogen) atoms. The van der Waals surface area contributed by atoms with Crippen LogP contribution in [-0.4, -0.2) is 9.97 Å². The third kappa shape index (κ3) is 2.84. The lowest BCUT2D eigenvalue weighted by molar-refractivity contribution is 1.29. The van der Waals surface area contributed by atoms with E-state index in [1.165, 1.54) is 5.39 Å². The lowest BCUT2D eigenvalue weighted by atomic mass is 10.0. The Morgan fingerprint density at radius 1 is 0.556 bits per heavy atom. The highest BCUT2D eigenvalue weighted by atomic mass is 35.5. The van der Waals surface area contributed by atoms with E-state index in [0.717, 1.165) is 38.9 Å². The summed E-state index contributed by atoms with van der Waals surface area (Å²) in [7, 11) is 0. The third-order valence-corrected chi connectivity index (χ3v) is 4.96. The molecule has 0 amide bonds. The zero-order valence-electron chi connectivity index (χ0n) is 14.4. The van der Waals surface area contributed by atoms with Crippen LogP contribution in [0.25, 0.3) is 44.3 Å². The SMILES string of the molecule is Clc1cccc(-c2cccc(-c3nc4ccccc4c4ccccc34)n2)c1. The molecule has 0 atom stereocenters. The number of fused-ring (bicyclic) bond motifs is 3. The van der Waals surface area contributed by atoms with Crippen LogP contribution in [0.1, 0.15) is 0 Å². The van der Waals surface area contributed by atoms with Crippen molar-refractivity contribution in [2.24, 2.45) is 0 Å². The number of rotatable bonds is 2. The van der Waals surface area contributed by atoms with Crippen LogP contribution in [0.4, 0.5) is 0 Å². The van der Waals surface area contributed by atoms with Gasteiger partial charge < -0.3 is 0 Å². The highest BCUT2D eigenvalue weighted by molar-refractivity contribution is 6.30. The summed E-state index contributed by atoms with van der Waals surface area (Å²) in [5.41, 5.74) is 4.60. The Kier molecular flexibility index (Phi) is 3.84. The predicted octanol–water partition coefficient (Wildman–Crippen LogP) is 6.77. The smallest absolute Gasteiger partial charge is 0.0972 e. The molecule has 0 bridgehead atoms. The summed E-state index contributed by atoms with van der Waals surface area (Å²) in [6.07, 6.45) is 0. The minimum absolute atomic E-state index is 0.703. The minimum Gasteiger partial charge on any atom is -0.246 e. The molecule has 3 aromatic carbocycles. The minimum atomic E-state index is 0.703. The van der Waals surface area contributed by atoms with Crippen LogP contribution in [0.2, 0.25) is 5.02 Å². The van der Waals surface area contributed by atoms with Crippen molar-refractivity contribution >= 4 is 33.3 Å². The summed E-state index contributed by atoms with van der Waals surface area (Å²) < 4.78 is 0. The molecule has 2 nitrogen and oxygen atoms in total. The summed E-state index contributed by atoms with van der Waals surface area (Å²) in [4.78, 5) is 9.83. The van der Waals surface area contributed by atoms with E-state index < -0.39 is 0 Å². The van der Waals surface area contributed by atoms with Crippen LogP contribution >= 0.6 is 11.6 Å². The number of hydrogen-bond acceptors (Lipinski definition) is 2. The molecule has 0 N–H and O–H groups in total. The van der Waals surface area contributed by atoms with E-state index in [1.807, 2.05) is 66.7 Å². The topological polar surface area (TPSA) is 25.8 Å². The van der Waals surface area contributed by atoms with Gasteiger partial charge in [-0.25, -0.2) is 9.97 Å². The standard InChI is InChI=1S/C24H15ClN2/c25-17-8-5-7-16(15-17)21-13-6-14-23(26-21)24-20-11-2-1-9-18(20)19-10-3-4-12-22(19)27-24/h1-15H. The summed E-state index contributed by atoms with van der Waals surface area (Å²) in [6, 6.07) is 30.4. The number of nitrogens with zero attached hydrogens (tertiary/aromatic N) is 2. The fourth-order valence-corrected chi connectivity index (χ4v) is 3.66. The van der Waals surface area contributed by atoms with Crippen molar-refractivity contribution in [1.82, 2.24) is 9.97 Å². The Bertz CT molecular complexity index is 1290. The number of para-hydroxylation sites is 1. The first-order valence-corrected chi connectivity index (χ1v) is 9.18. The second-order valence-electron chi connectivity index (χ2n) is 6.44. The number of pyridine rings is 2. The molecular weight excluding hydrogens is 352 g/mol. The molecule has 0 saturated carbocycles. The van der Waals surface area contributed by atoms with Gasteiger partial charge in [-0.15, -0.1) is 0 Å². The number of benzene rings is 3. The van der Waals surface area contributed by atoms with Crippen molar-refractivity contribution < 1.29 is 0 Å². The molecule has 0 radical (unpaired) electrons. The van der Waals surface area contributed by atoms with Crippen molar-refractivity contribution in [2.75, 3.05) is 0 Å². The molecule has 0 spiro atoms. The van der Waals surface area contributed by atoms with Gasteiger partial charge in [-0.1, -0.05) is 72.3 Å². The van der Waals surface area contributed by atoms with E-state index in [1.54, 1.807) is 0 Å². The van der Waals surface area contributed by atoms with Gasteiger partial charge in [0.2, 0.25) is 0 Å². The number of halogens is 1. The average molecular weight is 367 g/mol. The predicted molar refractivity (Wildman–Crippen MR) is 113 cm³/mol. The Morgan fingerprint density at radius 2 is 1.26 bits per heavy atom. The Morgan fingerprint density at radius 3 is 2.11 bits per heavy atom. The fraction of sp³-hybridized carbons (Fsp3) is 0. The highest BCUT2D eigenvalue weighted by Gasteiger charge is 2.12. The van der Waals surface area contributed by atoms with E-state index in [0.29, 0.717) is 5.02 Å². The Hall–Kier alpha value is -3.23. The Balaban J connectivity index is 1.77. The van der Waals surface area contributed by atoms with Crippen LogP contribution in [0.3, 0.4) is 0 Å². The third-order valence-electron chi connectivity index (χ3n) is 4.72. The number of aromatic nitrogens is 2. The van der Waals surface area contributed by atoms with Gasteiger partial charge in [0.15, 0.2) is 0 Å². The van der Waals surface area contributed by atoms with Crippen molar-refractivity contribution in [3.63, 3.8) is 0 Å². The normalized spacial score (nSPS) is 11.1. The second-order valence-corrected chi connectivity index (χ2v) is 6.88. The van der Waals surface area contributed by atoms with Crippen LogP contribution < -0.4 is 0 Å². The summed E-state index contributed by atoms with van der Waals surface area (Å²) >= 11 is 6.15. The molecule has 128 valence electrons. The van der Waals surface area contributed by atoms with Gasteiger partial charge in [-0.2, -0.15) is 0 Å². The molecule has 0 aliphatic carbocycles. The van der Waals surface area contributed by atoms with Crippen molar-refractivity contribution in [3.05, 3.63) is 96.0 Å². The van der Waals surface area contributed by atoms with Crippen LogP contribution in [0, 0.1) is 0 Å². The lowest BCUT2D eigenvalue weighted by Gasteiger charge is -2.10. The van der Waals surface area contributed by atoms with E-state index in [2.05, 4.69) is 24.3 Å². The highest BCUT2D eigenvalue weighted by Crippen LogP contribution is 2.32. The molecule has 0 saturated heterocycles. The first-order valence-electron chi connectivity index (χ1n) is 8.80. The maximum Gasteiger partial charge on any atom is 0.0972 e. The van der Waals surface area contributed by atoms with Crippen LogP contribution in [-0.2, 0) is 0 Å². The Labute approximate surface area is 162 Å². The number of hydrogen-bond donors (Lipinski definition) is 0. The van der Waals surface area contributed by atoms with Crippen molar-refractivity contribution in [2.45, 2.75) is 0 Å². The molecule has 2 heterocycles. The molecule has 0 aliphatic heterocycles. The molecule has 3 heteroatoms. The quantitative estimate of drug-likeness (QED) is 0.322. The second kappa shape index (κ2) is 6.49. The van der Waals surface area contributed by atoms with Crippen molar-refractivity contribution in [3.8, 4) is 22.6 Å². The van der Waals surface area contributed by atoms with E-state index in [9.17, 15) is 0 Å². The van der Waals surface area contributed by atoms with Gasteiger partial charge in [0.05, 0.1) is 22.6 Å². The van der Waals surface area contributed by atoms with E-state index in [4.69, 9.17) is 21.6 Å². The van der Waals surface area contributed by atoms with Crippen LogP contribution in [0.15, 0.2) is 91.0 Å².